The van der Waals surface area contributed by atoms with Gasteiger partial charge in [-0.3, -0.25) is 9.59 Å². The lowest BCUT2D eigenvalue weighted by atomic mass is 10.1. The zero-order chi connectivity index (χ0) is 22.7. The number of hydrogen-bond acceptors (Lipinski definition) is 4. The van der Waals surface area contributed by atoms with Gasteiger partial charge in [0.05, 0.1) is 11.8 Å². The summed E-state index contributed by atoms with van der Waals surface area (Å²) < 4.78 is 19.8. The highest BCUT2D eigenvalue weighted by atomic mass is 35.5. The molecule has 8 heteroatoms. The first-order valence-electron chi connectivity index (χ1n) is 10.4. The highest BCUT2D eigenvalue weighted by Gasteiger charge is 2.26. The molecule has 2 aromatic carbocycles. The van der Waals surface area contributed by atoms with Crippen molar-refractivity contribution in [2.45, 2.75) is 19.8 Å². The molecule has 0 spiro atoms. The van der Waals surface area contributed by atoms with E-state index in [9.17, 15) is 14.0 Å². The topological polar surface area (TPSA) is 66.7 Å². The minimum absolute atomic E-state index is 0.0267. The van der Waals surface area contributed by atoms with E-state index < -0.39 is 11.7 Å². The number of aromatic nitrogens is 1. The van der Waals surface area contributed by atoms with Crippen molar-refractivity contribution in [2.24, 2.45) is 0 Å². The molecule has 2 amide bonds. The van der Waals surface area contributed by atoms with E-state index in [1.54, 1.807) is 16.0 Å². The molecule has 0 unspecified atom stereocenters. The Morgan fingerprint density at radius 3 is 2.47 bits per heavy atom. The Bertz CT molecular complexity index is 1120. The van der Waals surface area contributed by atoms with Crippen LogP contribution in [0.4, 0.5) is 4.39 Å². The maximum atomic E-state index is 14.0. The summed E-state index contributed by atoms with van der Waals surface area (Å²) in [5.41, 5.74) is 2.06. The van der Waals surface area contributed by atoms with Gasteiger partial charge in [0.15, 0.2) is 11.7 Å². The Morgan fingerprint density at radius 1 is 1.06 bits per heavy atom. The molecule has 0 saturated carbocycles. The van der Waals surface area contributed by atoms with Crippen LogP contribution >= 0.6 is 11.6 Å². The standard InChI is InChI=1S/C24H23ClFN3O3/c1-16-2-4-17(5-3-16)21-15-27-22(32-21)8-9-23(30)28-10-12-29(13-11-28)24(31)19-14-18(25)6-7-20(19)26/h2-7,14-15H,8-13H2,1H3. The molecule has 0 aliphatic carbocycles. The van der Waals surface area contributed by atoms with E-state index in [1.807, 2.05) is 31.2 Å². The molecule has 1 aromatic heterocycles. The Hall–Kier alpha value is -3.19. The van der Waals surface area contributed by atoms with Gasteiger partial charge in [-0.25, -0.2) is 9.37 Å². The van der Waals surface area contributed by atoms with Gasteiger partial charge >= 0.3 is 0 Å². The molecule has 2 heterocycles. The summed E-state index contributed by atoms with van der Waals surface area (Å²) in [6.45, 7) is 3.49. The van der Waals surface area contributed by atoms with Gasteiger partial charge in [0.2, 0.25) is 5.91 Å². The average Bonchev–Trinajstić information content (AvgIpc) is 3.28. The van der Waals surface area contributed by atoms with Gasteiger partial charge in [-0.15, -0.1) is 0 Å². The van der Waals surface area contributed by atoms with Crippen molar-refractivity contribution < 1.29 is 18.4 Å². The minimum atomic E-state index is -0.603. The quantitative estimate of drug-likeness (QED) is 0.573. The van der Waals surface area contributed by atoms with E-state index in [-0.39, 0.29) is 17.9 Å². The van der Waals surface area contributed by atoms with Crippen molar-refractivity contribution in [3.8, 4) is 11.3 Å². The van der Waals surface area contributed by atoms with Crippen LogP contribution in [0.1, 0.15) is 28.2 Å². The fraction of sp³-hybridized carbons (Fsp3) is 0.292. The predicted molar refractivity (Wildman–Crippen MR) is 119 cm³/mol. The highest BCUT2D eigenvalue weighted by Crippen LogP contribution is 2.22. The fourth-order valence-corrected chi connectivity index (χ4v) is 3.81. The van der Waals surface area contributed by atoms with Crippen LogP contribution in [0.25, 0.3) is 11.3 Å². The summed E-state index contributed by atoms with van der Waals surface area (Å²) in [4.78, 5) is 32.7. The van der Waals surface area contributed by atoms with E-state index in [0.29, 0.717) is 49.3 Å². The number of carbonyl (C=O) groups is 2. The molecule has 0 atom stereocenters. The van der Waals surface area contributed by atoms with Crippen LogP contribution in [0.2, 0.25) is 5.02 Å². The number of oxazole rings is 1. The molecular formula is C24H23ClFN3O3. The Labute approximate surface area is 190 Å². The molecule has 1 saturated heterocycles. The number of carbonyl (C=O) groups excluding carboxylic acids is 2. The second kappa shape index (κ2) is 9.53. The Morgan fingerprint density at radius 2 is 1.75 bits per heavy atom. The largest absolute Gasteiger partial charge is 0.441 e. The second-order valence-corrected chi connectivity index (χ2v) is 8.22. The molecule has 0 N–H and O–H groups in total. The molecule has 6 nitrogen and oxygen atoms in total. The molecule has 0 radical (unpaired) electrons. The number of amides is 2. The van der Waals surface area contributed by atoms with E-state index >= 15 is 0 Å². The third-order valence-electron chi connectivity index (χ3n) is 5.52. The summed E-state index contributed by atoms with van der Waals surface area (Å²) >= 11 is 5.89. The van der Waals surface area contributed by atoms with Gasteiger partial charge in [-0.05, 0) is 25.1 Å². The average molecular weight is 456 g/mol. The molecule has 1 aliphatic heterocycles. The lowest BCUT2D eigenvalue weighted by Gasteiger charge is -2.35. The van der Waals surface area contributed by atoms with Crippen molar-refractivity contribution in [1.29, 1.82) is 0 Å². The van der Waals surface area contributed by atoms with Gasteiger partial charge in [-0.2, -0.15) is 0 Å². The van der Waals surface area contributed by atoms with Crippen molar-refractivity contribution in [2.75, 3.05) is 26.2 Å². The molecule has 32 heavy (non-hydrogen) atoms. The van der Waals surface area contributed by atoms with Crippen molar-refractivity contribution in [3.63, 3.8) is 0 Å². The monoisotopic (exact) mass is 455 g/mol. The van der Waals surface area contributed by atoms with Crippen LogP contribution in [-0.2, 0) is 11.2 Å². The Kier molecular flexibility index (Phi) is 6.55. The molecule has 4 rings (SSSR count). The zero-order valence-electron chi connectivity index (χ0n) is 17.7. The number of nitrogens with zero attached hydrogens (tertiary/aromatic N) is 3. The van der Waals surface area contributed by atoms with Crippen LogP contribution in [0.3, 0.4) is 0 Å². The van der Waals surface area contributed by atoms with Crippen molar-refractivity contribution >= 4 is 23.4 Å². The minimum Gasteiger partial charge on any atom is -0.441 e. The zero-order valence-corrected chi connectivity index (χ0v) is 18.4. The van der Waals surface area contributed by atoms with Gasteiger partial charge in [0.25, 0.3) is 5.91 Å². The lowest BCUT2D eigenvalue weighted by Crippen LogP contribution is -2.50. The Balaban J connectivity index is 1.28. The van der Waals surface area contributed by atoms with Crippen LogP contribution in [-0.4, -0.2) is 52.8 Å². The van der Waals surface area contributed by atoms with Crippen molar-refractivity contribution in [1.82, 2.24) is 14.8 Å². The van der Waals surface area contributed by atoms with Gasteiger partial charge < -0.3 is 14.2 Å². The number of halogens is 2. The summed E-state index contributed by atoms with van der Waals surface area (Å²) in [5, 5.41) is 0.306. The van der Waals surface area contributed by atoms with E-state index in [4.69, 9.17) is 16.0 Å². The van der Waals surface area contributed by atoms with Gasteiger partial charge in [0.1, 0.15) is 5.82 Å². The fourth-order valence-electron chi connectivity index (χ4n) is 3.64. The number of benzene rings is 2. The number of aryl methyl sites for hydroxylation is 2. The first-order chi connectivity index (χ1) is 15.4. The number of piperazine rings is 1. The SMILES string of the molecule is Cc1ccc(-c2cnc(CCC(=O)N3CCN(C(=O)c4cc(Cl)ccc4F)CC3)o2)cc1. The molecule has 0 bridgehead atoms. The predicted octanol–water partition coefficient (Wildman–Crippen LogP) is 4.36. The van der Waals surface area contributed by atoms with Gasteiger partial charge in [0, 0.05) is 49.6 Å². The summed E-state index contributed by atoms with van der Waals surface area (Å²) in [7, 11) is 0. The normalized spacial score (nSPS) is 14.0. The second-order valence-electron chi connectivity index (χ2n) is 7.78. The molecular weight excluding hydrogens is 433 g/mol. The molecule has 3 aromatic rings. The maximum absolute atomic E-state index is 14.0. The number of hydrogen-bond donors (Lipinski definition) is 0. The first-order valence-corrected chi connectivity index (χ1v) is 10.8. The lowest BCUT2D eigenvalue weighted by molar-refractivity contribution is -0.132. The van der Waals surface area contributed by atoms with E-state index in [0.717, 1.165) is 5.56 Å². The van der Waals surface area contributed by atoms with Crippen LogP contribution < -0.4 is 0 Å². The molecule has 1 fully saturated rings. The first kappa shape index (κ1) is 22.0. The highest BCUT2D eigenvalue weighted by molar-refractivity contribution is 6.31. The molecule has 166 valence electrons. The van der Waals surface area contributed by atoms with Crippen LogP contribution in [0.15, 0.2) is 53.1 Å². The third-order valence-corrected chi connectivity index (χ3v) is 5.76. The van der Waals surface area contributed by atoms with Crippen LogP contribution in [0.5, 0.6) is 0 Å². The summed E-state index contributed by atoms with van der Waals surface area (Å²) in [5.74, 6) is 0.141. The van der Waals surface area contributed by atoms with E-state index in [2.05, 4.69) is 4.98 Å². The van der Waals surface area contributed by atoms with E-state index in [1.165, 1.54) is 23.8 Å². The number of rotatable bonds is 5. The summed E-state index contributed by atoms with van der Waals surface area (Å²) in [6.07, 6.45) is 2.34. The third kappa shape index (κ3) is 4.99. The van der Waals surface area contributed by atoms with Gasteiger partial charge in [-0.1, -0.05) is 41.4 Å². The maximum Gasteiger partial charge on any atom is 0.257 e. The van der Waals surface area contributed by atoms with Crippen LogP contribution in [0, 0.1) is 12.7 Å². The summed E-state index contributed by atoms with van der Waals surface area (Å²) in [6, 6.07) is 11.9. The smallest absolute Gasteiger partial charge is 0.257 e. The molecule has 1 aliphatic rings. The van der Waals surface area contributed by atoms with Crippen molar-refractivity contribution in [3.05, 3.63) is 76.5 Å².